The molecule has 1 N–H and O–H groups in total. The molecule has 0 radical (unpaired) electrons. The molecular weight excluding hydrogens is 416 g/mol. The minimum absolute atomic E-state index is 0.179. The summed E-state index contributed by atoms with van der Waals surface area (Å²) in [6, 6.07) is 15.8. The molecule has 0 amide bonds. The molecule has 2 aliphatic rings. The number of anilines is 1. The summed E-state index contributed by atoms with van der Waals surface area (Å²) in [4.78, 5) is 17.6. The monoisotopic (exact) mass is 436 g/mol. The lowest BCUT2D eigenvalue weighted by Crippen LogP contribution is -2.31. The number of nitrogens with one attached hydrogen (secondary N) is 1. The van der Waals surface area contributed by atoms with E-state index in [1.165, 1.54) is 11.1 Å². The highest BCUT2D eigenvalue weighted by Gasteiger charge is 2.36. The third-order valence-corrected chi connectivity index (χ3v) is 6.65. The molecule has 0 bridgehead atoms. The summed E-state index contributed by atoms with van der Waals surface area (Å²) in [6.45, 7) is 2.09. The summed E-state index contributed by atoms with van der Waals surface area (Å²) >= 11 is 7.70. The number of rotatable bonds is 4. The molecule has 5 nitrogen and oxygen atoms in total. The van der Waals surface area contributed by atoms with Gasteiger partial charge in [0.25, 0.3) is 0 Å². The quantitative estimate of drug-likeness (QED) is 0.543. The fraction of sp³-hybridized carbons (Fsp3) is 0.261. The van der Waals surface area contributed by atoms with Crippen LogP contribution in [-0.4, -0.2) is 20.5 Å². The van der Waals surface area contributed by atoms with Crippen LogP contribution in [0.5, 0.6) is 0 Å². The lowest BCUT2D eigenvalue weighted by molar-refractivity contribution is -0.116. The zero-order chi connectivity index (χ0) is 20.7. The van der Waals surface area contributed by atoms with E-state index < -0.39 is 0 Å². The number of halogens is 1. The maximum absolute atomic E-state index is 12.8. The Bertz CT molecular complexity index is 1150. The lowest BCUT2D eigenvalue weighted by atomic mass is 9.85. The van der Waals surface area contributed by atoms with Crippen molar-refractivity contribution in [3.63, 3.8) is 0 Å². The minimum atomic E-state index is -0.276. The number of carbonyl (C=O) groups is 1. The number of aryl methyl sites for hydroxylation is 1. The number of hydrogen-bond donors (Lipinski definition) is 1. The molecule has 1 aliphatic carbocycles. The Morgan fingerprint density at radius 2 is 2.03 bits per heavy atom. The molecule has 0 unspecified atom stereocenters. The number of Topliss-reactive ketones (excluding diaryl/α,β-unsaturated/α-hetero) is 1. The van der Waals surface area contributed by atoms with Crippen LogP contribution in [0.4, 0.5) is 5.95 Å². The predicted octanol–water partition coefficient (Wildman–Crippen LogP) is 5.55. The second-order valence-corrected chi connectivity index (χ2v) is 9.07. The molecule has 2 heterocycles. The van der Waals surface area contributed by atoms with Crippen molar-refractivity contribution in [2.45, 2.75) is 43.1 Å². The molecule has 30 heavy (non-hydrogen) atoms. The van der Waals surface area contributed by atoms with Crippen molar-refractivity contribution in [2.24, 2.45) is 0 Å². The number of thioether (sulfide) groups is 1. The van der Waals surface area contributed by atoms with Gasteiger partial charge in [0.1, 0.15) is 6.04 Å². The average molecular weight is 437 g/mol. The maximum Gasteiger partial charge on any atom is 0.227 e. The van der Waals surface area contributed by atoms with Crippen LogP contribution >= 0.6 is 23.4 Å². The van der Waals surface area contributed by atoms with Crippen molar-refractivity contribution in [3.05, 3.63) is 81.5 Å². The molecule has 152 valence electrons. The summed E-state index contributed by atoms with van der Waals surface area (Å²) in [5.74, 6) is 1.66. The summed E-state index contributed by atoms with van der Waals surface area (Å²) in [6.07, 6.45) is 2.29. The Labute approximate surface area is 184 Å². The number of aromatic nitrogens is 3. The maximum atomic E-state index is 12.8. The molecule has 0 fully saturated rings. The molecule has 1 aromatic heterocycles. The van der Waals surface area contributed by atoms with Crippen LogP contribution in [0.25, 0.3) is 0 Å². The Morgan fingerprint density at radius 3 is 2.83 bits per heavy atom. The number of ketones is 1. The van der Waals surface area contributed by atoms with E-state index in [0.29, 0.717) is 22.5 Å². The summed E-state index contributed by atoms with van der Waals surface area (Å²) < 4.78 is 1.85. The van der Waals surface area contributed by atoms with Crippen LogP contribution in [0.2, 0.25) is 5.02 Å². The molecule has 5 rings (SSSR count). The first-order chi connectivity index (χ1) is 14.6. The van der Waals surface area contributed by atoms with Crippen molar-refractivity contribution in [3.8, 4) is 0 Å². The topological polar surface area (TPSA) is 59.8 Å². The first-order valence-electron chi connectivity index (χ1n) is 10.0. The zero-order valence-corrected chi connectivity index (χ0v) is 18.1. The summed E-state index contributed by atoms with van der Waals surface area (Å²) in [7, 11) is 0. The molecule has 0 spiro atoms. The number of benzene rings is 2. The van der Waals surface area contributed by atoms with Gasteiger partial charge in [-0.3, -0.25) is 4.79 Å². The van der Waals surface area contributed by atoms with Crippen LogP contribution in [-0.2, 0) is 10.5 Å². The Balaban J connectivity index is 1.50. The van der Waals surface area contributed by atoms with E-state index in [1.54, 1.807) is 11.8 Å². The Kier molecular flexibility index (Phi) is 5.13. The van der Waals surface area contributed by atoms with Gasteiger partial charge in [-0.25, -0.2) is 4.68 Å². The fourth-order valence-corrected chi connectivity index (χ4v) is 5.00. The standard InChI is InChI=1S/C23H21ClN4OS/c1-14-4-2-5-15(12-14)13-30-23-26-22-25-18-6-3-7-19(29)20(18)21(28(22)27-23)16-8-10-17(24)11-9-16/h2,4-5,8-12,21H,3,6-7,13H2,1H3,(H,25,26,27)/t21-/m0/s1. The van der Waals surface area contributed by atoms with E-state index >= 15 is 0 Å². The van der Waals surface area contributed by atoms with E-state index in [1.807, 2.05) is 28.9 Å². The molecule has 0 saturated heterocycles. The largest absolute Gasteiger partial charge is 0.328 e. The fourth-order valence-electron chi connectivity index (χ4n) is 4.10. The smallest absolute Gasteiger partial charge is 0.227 e. The number of nitrogens with zero attached hydrogens (tertiary/aromatic N) is 3. The molecule has 1 atom stereocenters. The van der Waals surface area contributed by atoms with E-state index in [0.717, 1.165) is 35.4 Å². The van der Waals surface area contributed by atoms with Gasteiger partial charge in [0.2, 0.25) is 11.1 Å². The third-order valence-electron chi connectivity index (χ3n) is 5.48. The number of carbonyl (C=O) groups excluding carboxylic acids is 1. The predicted molar refractivity (Wildman–Crippen MR) is 120 cm³/mol. The molecule has 1 aliphatic heterocycles. The van der Waals surface area contributed by atoms with E-state index in [9.17, 15) is 4.79 Å². The van der Waals surface area contributed by atoms with Gasteiger partial charge >= 0.3 is 0 Å². The molecular formula is C23H21ClN4OS. The van der Waals surface area contributed by atoms with Gasteiger partial charge in [0.05, 0.1) is 0 Å². The molecule has 0 saturated carbocycles. The van der Waals surface area contributed by atoms with Crippen molar-refractivity contribution < 1.29 is 4.79 Å². The SMILES string of the molecule is Cc1cccc(CSc2nc3n(n2)[C@@H](c2ccc(Cl)cc2)C2=C(CCCC2=O)N3)c1. The zero-order valence-electron chi connectivity index (χ0n) is 16.6. The molecule has 3 aromatic rings. The van der Waals surface area contributed by atoms with Crippen molar-refractivity contribution >= 4 is 35.1 Å². The Morgan fingerprint density at radius 1 is 1.20 bits per heavy atom. The number of fused-ring (bicyclic) bond motifs is 1. The Hall–Kier alpha value is -2.57. The second kappa shape index (κ2) is 7.93. The van der Waals surface area contributed by atoms with E-state index in [-0.39, 0.29) is 11.8 Å². The van der Waals surface area contributed by atoms with Crippen LogP contribution in [0, 0.1) is 6.92 Å². The third kappa shape index (κ3) is 3.66. The van der Waals surface area contributed by atoms with Gasteiger partial charge in [0, 0.05) is 28.5 Å². The van der Waals surface area contributed by atoms with Crippen LogP contribution in [0.1, 0.15) is 42.0 Å². The highest BCUT2D eigenvalue weighted by molar-refractivity contribution is 7.98. The highest BCUT2D eigenvalue weighted by atomic mass is 35.5. The van der Waals surface area contributed by atoms with E-state index in [4.69, 9.17) is 21.7 Å². The summed E-state index contributed by atoms with van der Waals surface area (Å²) in [5.41, 5.74) is 5.25. The van der Waals surface area contributed by atoms with Gasteiger partial charge < -0.3 is 5.32 Å². The van der Waals surface area contributed by atoms with Gasteiger partial charge in [0.15, 0.2) is 5.78 Å². The first kappa shape index (κ1) is 19.4. The van der Waals surface area contributed by atoms with Crippen molar-refractivity contribution in [1.82, 2.24) is 14.8 Å². The summed E-state index contributed by atoms with van der Waals surface area (Å²) in [5, 5.41) is 9.53. The van der Waals surface area contributed by atoms with Gasteiger partial charge in [-0.1, -0.05) is 65.3 Å². The van der Waals surface area contributed by atoms with Crippen LogP contribution in [0.3, 0.4) is 0 Å². The van der Waals surface area contributed by atoms with Gasteiger partial charge in [-0.05, 0) is 43.0 Å². The van der Waals surface area contributed by atoms with Crippen molar-refractivity contribution in [1.29, 1.82) is 0 Å². The van der Waals surface area contributed by atoms with Crippen LogP contribution in [0.15, 0.2) is 65.0 Å². The number of allylic oxidation sites excluding steroid dienone is 2. The van der Waals surface area contributed by atoms with Gasteiger partial charge in [-0.15, -0.1) is 5.10 Å². The van der Waals surface area contributed by atoms with Gasteiger partial charge in [-0.2, -0.15) is 4.98 Å². The van der Waals surface area contributed by atoms with Crippen molar-refractivity contribution in [2.75, 3.05) is 5.32 Å². The number of hydrogen-bond acceptors (Lipinski definition) is 5. The van der Waals surface area contributed by atoms with E-state index in [2.05, 4.69) is 36.5 Å². The van der Waals surface area contributed by atoms with Crippen LogP contribution < -0.4 is 5.32 Å². The molecule has 7 heteroatoms. The molecule has 2 aromatic carbocycles. The lowest BCUT2D eigenvalue weighted by Gasteiger charge is -2.32. The highest BCUT2D eigenvalue weighted by Crippen LogP contribution is 2.40. The average Bonchev–Trinajstić information content (AvgIpc) is 3.14. The normalized spacial score (nSPS) is 18.1. The minimum Gasteiger partial charge on any atom is -0.328 e. The first-order valence-corrected chi connectivity index (χ1v) is 11.4. The second-order valence-electron chi connectivity index (χ2n) is 7.69.